The number of ether oxygens (including phenoxy) is 2. The molecule has 0 N–H and O–H groups in total. The zero-order valence-electron chi connectivity index (χ0n) is 9.23. The van der Waals surface area contributed by atoms with E-state index in [1.807, 2.05) is 12.1 Å². The summed E-state index contributed by atoms with van der Waals surface area (Å²) in [5, 5.41) is 0. The summed E-state index contributed by atoms with van der Waals surface area (Å²) in [6.07, 6.45) is 3.65. The van der Waals surface area contributed by atoms with Gasteiger partial charge in [0, 0.05) is 6.08 Å². The topological polar surface area (TPSA) is 35.5 Å². The summed E-state index contributed by atoms with van der Waals surface area (Å²) in [4.78, 5) is 11.0. The highest BCUT2D eigenvalue weighted by Crippen LogP contribution is 2.28. The first-order chi connectivity index (χ1) is 7.71. The van der Waals surface area contributed by atoms with Gasteiger partial charge < -0.3 is 9.47 Å². The van der Waals surface area contributed by atoms with E-state index in [2.05, 4.69) is 13.2 Å². The van der Waals surface area contributed by atoms with Crippen LogP contribution in [0.2, 0.25) is 0 Å². The highest BCUT2D eigenvalue weighted by atomic mass is 16.6. The van der Waals surface area contributed by atoms with Gasteiger partial charge in [0.25, 0.3) is 0 Å². The van der Waals surface area contributed by atoms with Gasteiger partial charge in [-0.1, -0.05) is 18.7 Å². The molecule has 0 bridgehead atoms. The Labute approximate surface area is 95.0 Å². The number of carbonyl (C=O) groups is 1. The number of esters is 1. The fourth-order valence-corrected chi connectivity index (χ4v) is 1.24. The van der Waals surface area contributed by atoms with Gasteiger partial charge in [-0.15, -0.1) is 6.58 Å². The van der Waals surface area contributed by atoms with Gasteiger partial charge in [-0.25, -0.2) is 4.79 Å². The summed E-state index contributed by atoms with van der Waals surface area (Å²) in [6, 6.07) is 5.36. The van der Waals surface area contributed by atoms with Gasteiger partial charge in [-0.2, -0.15) is 0 Å². The molecule has 3 heteroatoms. The molecule has 1 aromatic rings. The highest BCUT2D eigenvalue weighted by Gasteiger charge is 2.07. The van der Waals surface area contributed by atoms with Crippen LogP contribution in [0.1, 0.15) is 5.56 Å². The minimum absolute atomic E-state index is 0.389. The predicted molar refractivity (Wildman–Crippen MR) is 62.7 cm³/mol. The van der Waals surface area contributed by atoms with E-state index < -0.39 is 5.97 Å². The number of allylic oxidation sites excluding steroid dienone is 1. The van der Waals surface area contributed by atoms with E-state index in [1.54, 1.807) is 12.1 Å². The van der Waals surface area contributed by atoms with Crippen LogP contribution in [0.15, 0.2) is 43.5 Å². The van der Waals surface area contributed by atoms with Crippen molar-refractivity contribution in [1.82, 2.24) is 0 Å². The monoisotopic (exact) mass is 218 g/mol. The van der Waals surface area contributed by atoms with E-state index in [0.717, 1.165) is 18.1 Å². The molecule has 0 fully saturated rings. The van der Waals surface area contributed by atoms with Crippen LogP contribution in [0.3, 0.4) is 0 Å². The van der Waals surface area contributed by atoms with Crippen molar-refractivity contribution < 1.29 is 14.3 Å². The molecule has 1 rings (SSSR count). The normalized spacial score (nSPS) is 9.31. The van der Waals surface area contributed by atoms with Crippen molar-refractivity contribution in [1.29, 1.82) is 0 Å². The van der Waals surface area contributed by atoms with Gasteiger partial charge >= 0.3 is 5.97 Å². The third-order valence-corrected chi connectivity index (χ3v) is 1.99. The fourth-order valence-electron chi connectivity index (χ4n) is 1.24. The van der Waals surface area contributed by atoms with Crippen LogP contribution in [0.25, 0.3) is 0 Å². The van der Waals surface area contributed by atoms with Crippen LogP contribution in [0.4, 0.5) is 0 Å². The molecule has 1 aromatic carbocycles. The minimum atomic E-state index is -0.505. The average Bonchev–Trinajstić information content (AvgIpc) is 2.31. The Morgan fingerprint density at radius 3 is 2.69 bits per heavy atom. The molecule has 0 aliphatic heterocycles. The second-order valence-electron chi connectivity index (χ2n) is 3.10. The number of hydrogen-bond acceptors (Lipinski definition) is 3. The molecule has 16 heavy (non-hydrogen) atoms. The molecule has 0 amide bonds. The van der Waals surface area contributed by atoms with Crippen molar-refractivity contribution >= 4 is 5.97 Å². The molecular formula is C13H14O3. The maximum Gasteiger partial charge on any atom is 0.335 e. The lowest BCUT2D eigenvalue weighted by molar-refractivity contribution is -0.129. The van der Waals surface area contributed by atoms with Gasteiger partial charge in [-0.3, -0.25) is 0 Å². The molecule has 3 nitrogen and oxygen atoms in total. The maximum absolute atomic E-state index is 11.0. The zero-order chi connectivity index (χ0) is 12.0. The molecule has 0 spiro atoms. The van der Waals surface area contributed by atoms with Crippen molar-refractivity contribution in [3.8, 4) is 11.5 Å². The fraction of sp³-hybridized carbons (Fsp3) is 0.154. The molecule has 0 saturated carbocycles. The van der Waals surface area contributed by atoms with Crippen molar-refractivity contribution in [2.24, 2.45) is 0 Å². The molecule has 0 aliphatic rings. The van der Waals surface area contributed by atoms with Crippen molar-refractivity contribution in [3.63, 3.8) is 0 Å². The van der Waals surface area contributed by atoms with Crippen LogP contribution < -0.4 is 9.47 Å². The highest BCUT2D eigenvalue weighted by molar-refractivity contribution is 5.83. The Bertz CT molecular complexity index is 408. The third kappa shape index (κ3) is 2.98. The molecular weight excluding hydrogens is 204 g/mol. The second-order valence-corrected chi connectivity index (χ2v) is 3.10. The Balaban J connectivity index is 2.96. The summed E-state index contributed by atoms with van der Waals surface area (Å²) >= 11 is 0. The maximum atomic E-state index is 11.0. The smallest absolute Gasteiger partial charge is 0.335 e. The van der Waals surface area contributed by atoms with Gasteiger partial charge in [0.2, 0.25) is 0 Å². The lowest BCUT2D eigenvalue weighted by atomic mass is 10.1. The lowest BCUT2D eigenvalue weighted by Crippen LogP contribution is -2.04. The SMILES string of the molecule is C=CCc1ccc(OC(=O)C=C)c(OC)c1. The molecule has 0 aliphatic carbocycles. The largest absolute Gasteiger partial charge is 0.493 e. The number of carbonyl (C=O) groups excluding carboxylic acids is 1. The Kier molecular flexibility index (Phi) is 4.33. The van der Waals surface area contributed by atoms with Crippen LogP contribution in [0, 0.1) is 0 Å². The first-order valence-corrected chi connectivity index (χ1v) is 4.83. The summed E-state index contributed by atoms with van der Waals surface area (Å²) in [5.74, 6) is 0.407. The van der Waals surface area contributed by atoms with Gasteiger partial charge in [-0.05, 0) is 24.1 Å². The molecule has 0 unspecified atom stereocenters. The van der Waals surface area contributed by atoms with Crippen LogP contribution >= 0.6 is 0 Å². The van der Waals surface area contributed by atoms with Crippen molar-refractivity contribution in [2.45, 2.75) is 6.42 Å². The lowest BCUT2D eigenvalue weighted by Gasteiger charge is -2.09. The molecule has 0 radical (unpaired) electrons. The van der Waals surface area contributed by atoms with E-state index in [-0.39, 0.29) is 0 Å². The van der Waals surface area contributed by atoms with Gasteiger partial charge in [0.1, 0.15) is 0 Å². The summed E-state index contributed by atoms with van der Waals surface area (Å²) in [5.41, 5.74) is 1.05. The Hall–Kier alpha value is -2.03. The molecule has 0 heterocycles. The van der Waals surface area contributed by atoms with Crippen LogP contribution in [-0.2, 0) is 11.2 Å². The summed E-state index contributed by atoms with van der Waals surface area (Å²) in [6.45, 7) is 6.99. The second kappa shape index (κ2) is 5.75. The number of rotatable bonds is 5. The Morgan fingerprint density at radius 2 is 2.12 bits per heavy atom. The van der Waals surface area contributed by atoms with E-state index >= 15 is 0 Å². The molecule has 0 aromatic heterocycles. The van der Waals surface area contributed by atoms with E-state index in [1.165, 1.54) is 7.11 Å². The third-order valence-electron chi connectivity index (χ3n) is 1.99. The van der Waals surface area contributed by atoms with E-state index in [0.29, 0.717) is 11.5 Å². The van der Waals surface area contributed by atoms with E-state index in [9.17, 15) is 4.79 Å². The van der Waals surface area contributed by atoms with E-state index in [4.69, 9.17) is 9.47 Å². The van der Waals surface area contributed by atoms with Gasteiger partial charge in [0.15, 0.2) is 11.5 Å². The van der Waals surface area contributed by atoms with Crippen LogP contribution in [0.5, 0.6) is 11.5 Å². The van der Waals surface area contributed by atoms with Gasteiger partial charge in [0.05, 0.1) is 7.11 Å². The average molecular weight is 218 g/mol. The number of methoxy groups -OCH3 is 1. The zero-order valence-corrected chi connectivity index (χ0v) is 9.23. The quantitative estimate of drug-likeness (QED) is 0.330. The summed E-state index contributed by atoms with van der Waals surface area (Å²) in [7, 11) is 1.53. The molecule has 0 saturated heterocycles. The Morgan fingerprint density at radius 1 is 1.38 bits per heavy atom. The summed E-state index contributed by atoms with van der Waals surface area (Å²) < 4.78 is 10.1. The first kappa shape index (κ1) is 12.0. The molecule has 84 valence electrons. The minimum Gasteiger partial charge on any atom is -0.493 e. The van der Waals surface area contributed by atoms with Crippen molar-refractivity contribution in [3.05, 3.63) is 49.1 Å². The predicted octanol–water partition coefficient (Wildman–Crippen LogP) is 2.52. The first-order valence-electron chi connectivity index (χ1n) is 4.83. The number of benzene rings is 1. The number of hydrogen-bond donors (Lipinski definition) is 0. The van der Waals surface area contributed by atoms with Crippen molar-refractivity contribution in [2.75, 3.05) is 7.11 Å². The van der Waals surface area contributed by atoms with Crippen LogP contribution in [-0.4, -0.2) is 13.1 Å². The standard InChI is InChI=1S/C13H14O3/c1-4-6-10-7-8-11(12(9-10)15-3)16-13(14)5-2/h4-5,7-9H,1-2,6H2,3H3. The molecule has 0 atom stereocenters.